The number of esters is 1. The number of halogens is 4. The smallest absolute Gasteiger partial charge is 0.422 e. The van der Waals surface area contributed by atoms with E-state index >= 15 is 0 Å². The summed E-state index contributed by atoms with van der Waals surface area (Å²) >= 11 is 3.39. The van der Waals surface area contributed by atoms with Gasteiger partial charge in [-0.2, -0.15) is 13.2 Å². The van der Waals surface area contributed by atoms with Gasteiger partial charge in [0.15, 0.2) is 18.1 Å². The number of aromatic amines is 1. The Labute approximate surface area is 144 Å². The molecule has 0 unspecified atom stereocenters. The Hall–Kier alpha value is -1.77. The molecule has 0 saturated carbocycles. The van der Waals surface area contributed by atoms with E-state index in [0.717, 1.165) is 5.69 Å². The summed E-state index contributed by atoms with van der Waals surface area (Å²) in [6, 6.07) is 0. The standard InChI is InChI=1S/C15H16BrF3N2O3/c1-4-8-10(16)7(3)9-12(24-6-15(17,18)19)11(14(22)23-5-2)21-13(9)20-8/h4-6H2,1-3H3,(H,20,21). The monoisotopic (exact) mass is 408 g/mol. The fourth-order valence-electron chi connectivity index (χ4n) is 2.29. The molecule has 0 aliphatic rings. The number of pyridine rings is 1. The van der Waals surface area contributed by atoms with Gasteiger partial charge in [0, 0.05) is 4.47 Å². The molecular weight excluding hydrogens is 393 g/mol. The molecule has 24 heavy (non-hydrogen) atoms. The van der Waals surface area contributed by atoms with Crippen LogP contribution in [0.25, 0.3) is 11.0 Å². The van der Waals surface area contributed by atoms with Crippen molar-refractivity contribution in [1.29, 1.82) is 0 Å². The van der Waals surface area contributed by atoms with Crippen molar-refractivity contribution in [2.24, 2.45) is 0 Å². The third-order valence-electron chi connectivity index (χ3n) is 3.33. The van der Waals surface area contributed by atoms with Crippen LogP contribution in [0.1, 0.15) is 35.6 Å². The molecular formula is C15H16BrF3N2O3. The number of aryl methyl sites for hydroxylation is 2. The number of H-pyrrole nitrogens is 1. The van der Waals surface area contributed by atoms with Crippen LogP contribution in [-0.4, -0.2) is 35.3 Å². The van der Waals surface area contributed by atoms with Gasteiger partial charge in [-0.15, -0.1) is 0 Å². The first-order valence-corrected chi connectivity index (χ1v) is 8.06. The lowest BCUT2D eigenvalue weighted by Gasteiger charge is -2.11. The largest absolute Gasteiger partial charge is 0.481 e. The minimum atomic E-state index is -4.53. The molecule has 0 aliphatic carbocycles. The molecule has 9 heteroatoms. The number of hydrogen-bond donors (Lipinski definition) is 1. The highest BCUT2D eigenvalue weighted by molar-refractivity contribution is 9.10. The van der Waals surface area contributed by atoms with Gasteiger partial charge in [0.05, 0.1) is 17.7 Å². The topological polar surface area (TPSA) is 64.2 Å². The van der Waals surface area contributed by atoms with Crippen LogP contribution in [0.5, 0.6) is 5.75 Å². The number of carbonyl (C=O) groups is 1. The number of nitrogens with zero attached hydrogens (tertiary/aromatic N) is 1. The van der Waals surface area contributed by atoms with Gasteiger partial charge >= 0.3 is 12.1 Å². The molecule has 2 rings (SSSR count). The fraction of sp³-hybridized carbons (Fsp3) is 0.467. The number of aromatic nitrogens is 2. The highest BCUT2D eigenvalue weighted by Gasteiger charge is 2.32. The lowest BCUT2D eigenvalue weighted by atomic mass is 10.1. The summed E-state index contributed by atoms with van der Waals surface area (Å²) in [5.74, 6) is -0.990. The second-order valence-electron chi connectivity index (χ2n) is 5.03. The zero-order chi connectivity index (χ0) is 18.1. The Bertz CT molecular complexity index is 772. The summed E-state index contributed by atoms with van der Waals surface area (Å²) in [6.45, 7) is 3.79. The van der Waals surface area contributed by atoms with E-state index in [1.165, 1.54) is 0 Å². The first-order valence-electron chi connectivity index (χ1n) is 7.26. The van der Waals surface area contributed by atoms with Gasteiger partial charge in [-0.25, -0.2) is 9.78 Å². The van der Waals surface area contributed by atoms with Gasteiger partial charge in [0.25, 0.3) is 0 Å². The summed E-state index contributed by atoms with van der Waals surface area (Å²) in [5.41, 5.74) is 1.47. The van der Waals surface area contributed by atoms with Crippen molar-refractivity contribution in [1.82, 2.24) is 9.97 Å². The third-order valence-corrected chi connectivity index (χ3v) is 4.39. The molecule has 0 saturated heterocycles. The molecule has 0 radical (unpaired) electrons. The lowest BCUT2D eigenvalue weighted by Crippen LogP contribution is -2.20. The summed E-state index contributed by atoms with van der Waals surface area (Å²) in [6.07, 6.45) is -3.92. The highest BCUT2D eigenvalue weighted by Crippen LogP contribution is 2.37. The quantitative estimate of drug-likeness (QED) is 0.748. The number of rotatable bonds is 5. The van der Waals surface area contributed by atoms with Crippen LogP contribution >= 0.6 is 15.9 Å². The molecule has 0 bridgehead atoms. The first kappa shape index (κ1) is 18.6. The average Bonchev–Trinajstić information content (AvgIpc) is 2.87. The number of nitrogens with one attached hydrogen (secondary N) is 1. The molecule has 132 valence electrons. The van der Waals surface area contributed by atoms with E-state index in [9.17, 15) is 18.0 Å². The highest BCUT2D eigenvalue weighted by atomic mass is 79.9. The Kier molecular flexibility index (Phi) is 5.42. The Balaban J connectivity index is 2.66. The van der Waals surface area contributed by atoms with Gasteiger partial charge in [-0.3, -0.25) is 0 Å². The van der Waals surface area contributed by atoms with Crippen molar-refractivity contribution >= 4 is 32.9 Å². The molecule has 0 fully saturated rings. The lowest BCUT2D eigenvalue weighted by molar-refractivity contribution is -0.153. The molecule has 0 spiro atoms. The zero-order valence-corrected chi connectivity index (χ0v) is 14.9. The van der Waals surface area contributed by atoms with E-state index in [-0.39, 0.29) is 23.7 Å². The SMILES string of the molecule is CCOC(=O)c1[nH]c2nc(CC)c(Br)c(C)c2c1OCC(F)(F)F. The van der Waals surface area contributed by atoms with Crippen LogP contribution < -0.4 is 4.74 Å². The fourth-order valence-corrected chi connectivity index (χ4v) is 2.86. The van der Waals surface area contributed by atoms with Crippen LogP contribution in [0.4, 0.5) is 13.2 Å². The summed E-state index contributed by atoms with van der Waals surface area (Å²) in [7, 11) is 0. The number of ether oxygens (including phenoxy) is 2. The molecule has 1 N–H and O–H groups in total. The van der Waals surface area contributed by atoms with Crippen molar-refractivity contribution in [2.75, 3.05) is 13.2 Å². The number of alkyl halides is 3. The van der Waals surface area contributed by atoms with Gasteiger partial charge in [-0.05, 0) is 41.8 Å². The summed E-state index contributed by atoms with van der Waals surface area (Å²) in [4.78, 5) is 19.1. The second-order valence-corrected chi connectivity index (χ2v) is 5.82. The van der Waals surface area contributed by atoms with Crippen LogP contribution in [-0.2, 0) is 11.2 Å². The molecule has 2 heterocycles. The van der Waals surface area contributed by atoms with Crippen molar-refractivity contribution in [2.45, 2.75) is 33.4 Å². The normalized spacial score (nSPS) is 11.8. The maximum atomic E-state index is 12.6. The number of carbonyl (C=O) groups excluding carboxylic acids is 1. The van der Waals surface area contributed by atoms with Gasteiger partial charge in [-0.1, -0.05) is 6.92 Å². The second kappa shape index (κ2) is 7.00. The predicted octanol–water partition coefficient (Wildman–Crippen LogP) is 4.31. The van der Waals surface area contributed by atoms with Crippen molar-refractivity contribution in [3.8, 4) is 5.75 Å². The van der Waals surface area contributed by atoms with E-state index < -0.39 is 18.8 Å². The summed E-state index contributed by atoms with van der Waals surface area (Å²) in [5, 5.41) is 0.325. The minimum Gasteiger partial charge on any atom is -0.481 e. The molecule has 0 amide bonds. The Morgan fingerprint density at radius 2 is 2.00 bits per heavy atom. The van der Waals surface area contributed by atoms with Crippen LogP contribution in [0.2, 0.25) is 0 Å². The molecule has 0 aromatic carbocycles. The van der Waals surface area contributed by atoms with Crippen LogP contribution in [0.15, 0.2) is 4.47 Å². The van der Waals surface area contributed by atoms with Gasteiger partial charge in [0.1, 0.15) is 5.65 Å². The molecule has 0 atom stereocenters. The zero-order valence-electron chi connectivity index (χ0n) is 13.3. The van der Waals surface area contributed by atoms with E-state index in [1.807, 2.05) is 6.92 Å². The van der Waals surface area contributed by atoms with E-state index in [2.05, 4.69) is 25.9 Å². The van der Waals surface area contributed by atoms with E-state index in [4.69, 9.17) is 9.47 Å². The van der Waals surface area contributed by atoms with Crippen LogP contribution in [0, 0.1) is 6.92 Å². The van der Waals surface area contributed by atoms with Crippen molar-refractivity contribution in [3.63, 3.8) is 0 Å². The maximum Gasteiger partial charge on any atom is 0.422 e. The molecule has 5 nitrogen and oxygen atoms in total. The van der Waals surface area contributed by atoms with Gasteiger partial charge in [0.2, 0.25) is 0 Å². The average molecular weight is 409 g/mol. The molecule has 2 aromatic rings. The van der Waals surface area contributed by atoms with Crippen LogP contribution in [0.3, 0.4) is 0 Å². The summed E-state index contributed by atoms with van der Waals surface area (Å²) < 4.78 is 48.1. The van der Waals surface area contributed by atoms with Gasteiger partial charge < -0.3 is 14.5 Å². The Morgan fingerprint density at radius 1 is 1.33 bits per heavy atom. The molecule has 0 aliphatic heterocycles. The minimum absolute atomic E-state index is 0.0865. The number of hydrogen-bond acceptors (Lipinski definition) is 4. The molecule has 2 aromatic heterocycles. The van der Waals surface area contributed by atoms with E-state index in [1.54, 1.807) is 13.8 Å². The maximum absolute atomic E-state index is 12.6. The van der Waals surface area contributed by atoms with E-state index in [0.29, 0.717) is 21.8 Å². The first-order chi connectivity index (χ1) is 11.2. The number of fused-ring (bicyclic) bond motifs is 1. The van der Waals surface area contributed by atoms with Crippen molar-refractivity contribution in [3.05, 3.63) is 21.4 Å². The third kappa shape index (κ3) is 3.66. The Morgan fingerprint density at radius 3 is 2.54 bits per heavy atom. The van der Waals surface area contributed by atoms with Crippen molar-refractivity contribution < 1.29 is 27.4 Å². The predicted molar refractivity (Wildman–Crippen MR) is 85.4 cm³/mol.